The van der Waals surface area contributed by atoms with Crippen molar-refractivity contribution in [2.45, 2.75) is 0 Å². The third kappa shape index (κ3) is 1.85. The maximum absolute atomic E-state index is 9.43. The summed E-state index contributed by atoms with van der Waals surface area (Å²) in [5.74, 6) is 1.16. The molecule has 1 N–H and O–H groups in total. The molecule has 0 aliphatic heterocycles. The Balaban J connectivity index is 2.24. The van der Waals surface area contributed by atoms with Gasteiger partial charge in [0.05, 0.1) is 0 Å². The number of phenols is 1. The predicted molar refractivity (Wildman–Crippen MR) is 53.5 cm³/mol. The van der Waals surface area contributed by atoms with Gasteiger partial charge in [0.15, 0.2) is 11.5 Å². The highest BCUT2D eigenvalue weighted by Crippen LogP contribution is 2.29. The SMILES string of the molecule is Oc1ccccc1Oc1[c]cccc1. The molecule has 0 heterocycles. The van der Waals surface area contributed by atoms with Crippen molar-refractivity contribution in [1.29, 1.82) is 0 Å². The largest absolute Gasteiger partial charge is 0.504 e. The molecule has 2 heteroatoms. The minimum absolute atomic E-state index is 0.129. The fourth-order valence-electron chi connectivity index (χ4n) is 1.10. The van der Waals surface area contributed by atoms with Gasteiger partial charge in [-0.3, -0.25) is 0 Å². The molecule has 2 nitrogen and oxygen atoms in total. The first-order valence-corrected chi connectivity index (χ1v) is 4.29. The quantitative estimate of drug-likeness (QED) is 0.779. The van der Waals surface area contributed by atoms with Crippen molar-refractivity contribution >= 4 is 0 Å². The van der Waals surface area contributed by atoms with Gasteiger partial charge >= 0.3 is 0 Å². The fraction of sp³-hybridized carbons (Fsp3) is 0. The van der Waals surface area contributed by atoms with Gasteiger partial charge in [-0.25, -0.2) is 0 Å². The van der Waals surface area contributed by atoms with E-state index in [1.807, 2.05) is 12.1 Å². The minimum atomic E-state index is 0.129. The third-order valence-electron chi connectivity index (χ3n) is 1.77. The molecule has 14 heavy (non-hydrogen) atoms. The first-order chi connectivity index (χ1) is 6.86. The fourth-order valence-corrected chi connectivity index (χ4v) is 1.10. The maximum Gasteiger partial charge on any atom is 0.169 e. The molecule has 2 aromatic rings. The summed E-state index contributed by atoms with van der Waals surface area (Å²) in [6.45, 7) is 0. The Morgan fingerprint density at radius 3 is 2.50 bits per heavy atom. The van der Waals surface area contributed by atoms with Gasteiger partial charge in [0, 0.05) is 6.07 Å². The molecule has 69 valence electrons. The zero-order valence-corrected chi connectivity index (χ0v) is 7.47. The lowest BCUT2D eigenvalue weighted by atomic mass is 10.3. The number of aromatic hydroxyl groups is 1. The smallest absolute Gasteiger partial charge is 0.169 e. The number of hydrogen-bond donors (Lipinski definition) is 1. The second kappa shape index (κ2) is 3.83. The van der Waals surface area contributed by atoms with Crippen molar-refractivity contribution in [3.05, 3.63) is 54.6 Å². The molecule has 1 radical (unpaired) electrons. The lowest BCUT2D eigenvalue weighted by Gasteiger charge is -2.05. The Hall–Kier alpha value is -1.96. The second-order valence-corrected chi connectivity index (χ2v) is 2.80. The van der Waals surface area contributed by atoms with E-state index in [0.29, 0.717) is 11.5 Å². The topological polar surface area (TPSA) is 29.5 Å². The molecular weight excluding hydrogens is 176 g/mol. The van der Waals surface area contributed by atoms with Gasteiger partial charge < -0.3 is 9.84 Å². The minimum Gasteiger partial charge on any atom is -0.504 e. The Bertz CT molecular complexity index is 410. The molecule has 0 spiro atoms. The monoisotopic (exact) mass is 185 g/mol. The van der Waals surface area contributed by atoms with Crippen molar-refractivity contribution in [2.75, 3.05) is 0 Å². The lowest BCUT2D eigenvalue weighted by Crippen LogP contribution is -1.83. The van der Waals surface area contributed by atoms with Crippen molar-refractivity contribution in [1.82, 2.24) is 0 Å². The Morgan fingerprint density at radius 1 is 1.00 bits per heavy atom. The first-order valence-electron chi connectivity index (χ1n) is 4.29. The van der Waals surface area contributed by atoms with E-state index in [1.165, 1.54) is 0 Å². The van der Waals surface area contributed by atoms with Gasteiger partial charge in [0.1, 0.15) is 5.75 Å². The molecule has 0 fully saturated rings. The van der Waals surface area contributed by atoms with E-state index < -0.39 is 0 Å². The zero-order chi connectivity index (χ0) is 9.80. The van der Waals surface area contributed by atoms with Crippen LogP contribution < -0.4 is 4.74 Å². The summed E-state index contributed by atoms with van der Waals surface area (Å²) in [7, 11) is 0. The van der Waals surface area contributed by atoms with Crippen molar-refractivity contribution < 1.29 is 9.84 Å². The molecule has 2 rings (SSSR count). The van der Waals surface area contributed by atoms with Crippen LogP contribution in [0, 0.1) is 6.07 Å². The van der Waals surface area contributed by atoms with Crippen LogP contribution in [0.25, 0.3) is 0 Å². The van der Waals surface area contributed by atoms with E-state index in [9.17, 15) is 5.11 Å². The summed E-state index contributed by atoms with van der Waals surface area (Å²) in [4.78, 5) is 0. The standard InChI is InChI=1S/C12H9O2/c13-11-8-4-5-9-12(11)14-10-6-2-1-3-7-10/h1-6,8-9,13H. The summed E-state index contributed by atoms with van der Waals surface area (Å²) < 4.78 is 5.40. The van der Waals surface area contributed by atoms with Gasteiger partial charge in [0.2, 0.25) is 0 Å². The molecule has 0 aromatic heterocycles. The van der Waals surface area contributed by atoms with Gasteiger partial charge in [-0.15, -0.1) is 0 Å². The average Bonchev–Trinajstić information content (AvgIpc) is 2.23. The van der Waals surface area contributed by atoms with E-state index in [2.05, 4.69) is 6.07 Å². The molecule has 2 aromatic carbocycles. The Labute approximate surface area is 82.4 Å². The van der Waals surface area contributed by atoms with Crippen LogP contribution in [0.5, 0.6) is 17.2 Å². The molecule has 0 aliphatic rings. The number of rotatable bonds is 2. The third-order valence-corrected chi connectivity index (χ3v) is 1.77. The number of phenolic OH excluding ortho intramolecular Hbond substituents is 1. The number of para-hydroxylation sites is 3. The van der Waals surface area contributed by atoms with Crippen molar-refractivity contribution in [3.63, 3.8) is 0 Å². The van der Waals surface area contributed by atoms with Crippen LogP contribution in [0.3, 0.4) is 0 Å². The predicted octanol–water partition coefficient (Wildman–Crippen LogP) is 2.98. The van der Waals surface area contributed by atoms with Crippen LogP contribution >= 0.6 is 0 Å². The van der Waals surface area contributed by atoms with Crippen molar-refractivity contribution in [3.8, 4) is 17.2 Å². The highest BCUT2D eigenvalue weighted by Gasteiger charge is 2.00. The zero-order valence-electron chi connectivity index (χ0n) is 7.47. The van der Waals surface area contributed by atoms with Crippen LogP contribution in [0.2, 0.25) is 0 Å². The van der Waals surface area contributed by atoms with Gasteiger partial charge in [-0.05, 0) is 18.2 Å². The number of benzene rings is 2. The molecule has 0 unspecified atom stereocenters. The first kappa shape index (κ1) is 8.63. The van der Waals surface area contributed by atoms with Crippen LogP contribution in [0.1, 0.15) is 0 Å². The molecule has 0 amide bonds. The summed E-state index contributed by atoms with van der Waals surface area (Å²) in [6.07, 6.45) is 0. The van der Waals surface area contributed by atoms with Crippen LogP contribution in [-0.2, 0) is 0 Å². The van der Waals surface area contributed by atoms with Crippen LogP contribution in [0.4, 0.5) is 0 Å². The summed E-state index contributed by atoms with van der Waals surface area (Å²) in [5, 5.41) is 9.43. The van der Waals surface area contributed by atoms with E-state index in [0.717, 1.165) is 0 Å². The van der Waals surface area contributed by atoms with E-state index in [4.69, 9.17) is 4.74 Å². The summed E-state index contributed by atoms with van der Waals surface area (Å²) in [6, 6.07) is 17.0. The number of ether oxygens (including phenoxy) is 1. The molecule has 0 saturated heterocycles. The Kier molecular flexibility index (Phi) is 2.36. The van der Waals surface area contributed by atoms with Gasteiger partial charge in [-0.2, -0.15) is 0 Å². The average molecular weight is 185 g/mol. The Morgan fingerprint density at radius 2 is 1.79 bits per heavy atom. The van der Waals surface area contributed by atoms with Crippen LogP contribution in [0.15, 0.2) is 48.5 Å². The van der Waals surface area contributed by atoms with E-state index in [1.54, 1.807) is 36.4 Å². The van der Waals surface area contributed by atoms with Gasteiger partial charge in [-0.1, -0.05) is 30.3 Å². The summed E-state index contributed by atoms with van der Waals surface area (Å²) >= 11 is 0. The molecular formula is C12H9O2. The van der Waals surface area contributed by atoms with Crippen LogP contribution in [-0.4, -0.2) is 5.11 Å². The number of hydrogen-bond acceptors (Lipinski definition) is 2. The highest BCUT2D eigenvalue weighted by atomic mass is 16.5. The van der Waals surface area contributed by atoms with E-state index in [-0.39, 0.29) is 5.75 Å². The molecule has 0 saturated carbocycles. The normalized spacial score (nSPS) is 9.71. The molecule has 0 atom stereocenters. The van der Waals surface area contributed by atoms with Gasteiger partial charge in [0.25, 0.3) is 0 Å². The lowest BCUT2D eigenvalue weighted by molar-refractivity contribution is 0.411. The van der Waals surface area contributed by atoms with E-state index >= 15 is 0 Å². The van der Waals surface area contributed by atoms with Crippen molar-refractivity contribution in [2.24, 2.45) is 0 Å². The highest BCUT2D eigenvalue weighted by molar-refractivity contribution is 5.41. The molecule has 0 bridgehead atoms. The molecule has 0 aliphatic carbocycles. The maximum atomic E-state index is 9.43. The second-order valence-electron chi connectivity index (χ2n) is 2.80. The summed E-state index contributed by atoms with van der Waals surface area (Å²) in [5.41, 5.74) is 0.